The number of aliphatic hydroxyl groups excluding tert-OH is 2. The molecule has 0 bridgehead atoms. The number of aliphatic hydroxyl groups is 2. The predicted molar refractivity (Wildman–Crippen MR) is 68.6 cm³/mol. The Labute approximate surface area is 106 Å². The average molecular weight is 254 g/mol. The van der Waals surface area contributed by atoms with Gasteiger partial charge in [-0.3, -0.25) is 10.1 Å². The van der Waals surface area contributed by atoms with Gasteiger partial charge in [0, 0.05) is 25.1 Å². The average Bonchev–Trinajstić information content (AvgIpc) is 2.38. The van der Waals surface area contributed by atoms with Gasteiger partial charge in [-0.25, -0.2) is 0 Å². The van der Waals surface area contributed by atoms with Crippen molar-refractivity contribution in [1.29, 1.82) is 0 Å². The molecule has 6 heteroatoms. The Morgan fingerprint density at radius 3 is 2.39 bits per heavy atom. The van der Waals surface area contributed by atoms with Crippen LogP contribution in [0.2, 0.25) is 0 Å². The first-order valence-electron chi connectivity index (χ1n) is 5.60. The Kier molecular flexibility index (Phi) is 4.63. The number of para-hydroxylation sites is 2. The summed E-state index contributed by atoms with van der Waals surface area (Å²) in [6.45, 7) is 1.67. The summed E-state index contributed by atoms with van der Waals surface area (Å²) >= 11 is 0. The van der Waals surface area contributed by atoms with Crippen LogP contribution in [0.4, 0.5) is 11.4 Å². The van der Waals surface area contributed by atoms with Gasteiger partial charge in [-0.15, -0.1) is 0 Å². The molecule has 1 rings (SSSR count). The largest absolute Gasteiger partial charge is 0.396 e. The monoisotopic (exact) mass is 254 g/mol. The van der Waals surface area contributed by atoms with Crippen molar-refractivity contribution in [3.05, 3.63) is 34.4 Å². The second-order valence-electron chi connectivity index (χ2n) is 4.73. The maximum absolute atomic E-state index is 10.9. The maximum atomic E-state index is 10.9. The highest BCUT2D eigenvalue weighted by molar-refractivity contribution is 5.62. The highest BCUT2D eigenvalue weighted by Crippen LogP contribution is 2.29. The zero-order valence-corrected chi connectivity index (χ0v) is 10.5. The summed E-state index contributed by atoms with van der Waals surface area (Å²) < 4.78 is 0. The van der Waals surface area contributed by atoms with Gasteiger partial charge in [0.25, 0.3) is 5.69 Å². The molecule has 0 radical (unpaired) electrons. The van der Waals surface area contributed by atoms with E-state index in [0.717, 1.165) is 0 Å². The molecule has 0 aliphatic carbocycles. The molecule has 0 heterocycles. The summed E-state index contributed by atoms with van der Waals surface area (Å²) in [5.41, 5.74) is -0.216. The van der Waals surface area contributed by atoms with Crippen LogP contribution in [-0.2, 0) is 0 Å². The topological polar surface area (TPSA) is 86.8 Å². The lowest BCUT2D eigenvalue weighted by Crippen LogP contribution is -2.39. The first-order chi connectivity index (χ1) is 8.43. The van der Waals surface area contributed by atoms with Gasteiger partial charge in [0.1, 0.15) is 5.69 Å². The molecule has 1 aromatic rings. The first kappa shape index (κ1) is 14.4. The van der Waals surface area contributed by atoms with Crippen molar-refractivity contribution in [3.8, 4) is 0 Å². The van der Waals surface area contributed by atoms with E-state index >= 15 is 0 Å². The van der Waals surface area contributed by atoms with Gasteiger partial charge >= 0.3 is 0 Å². The fourth-order valence-corrected chi connectivity index (χ4v) is 1.75. The fraction of sp³-hybridized carbons (Fsp3) is 0.500. The minimum absolute atomic E-state index is 0.0122. The number of hydrogen-bond acceptors (Lipinski definition) is 5. The van der Waals surface area contributed by atoms with Crippen molar-refractivity contribution in [3.63, 3.8) is 0 Å². The van der Waals surface area contributed by atoms with E-state index in [-0.39, 0.29) is 18.9 Å². The smallest absolute Gasteiger partial charge is 0.292 e. The molecule has 0 amide bonds. The molecule has 0 unspecified atom stereocenters. The van der Waals surface area contributed by atoms with Crippen molar-refractivity contribution in [2.24, 2.45) is 5.41 Å². The van der Waals surface area contributed by atoms with E-state index in [0.29, 0.717) is 12.2 Å². The van der Waals surface area contributed by atoms with E-state index in [2.05, 4.69) is 0 Å². The second kappa shape index (κ2) is 5.79. The van der Waals surface area contributed by atoms with E-state index in [1.54, 1.807) is 37.1 Å². The van der Waals surface area contributed by atoms with E-state index in [4.69, 9.17) is 0 Å². The van der Waals surface area contributed by atoms with Crippen LogP contribution in [0, 0.1) is 15.5 Å². The van der Waals surface area contributed by atoms with Crippen molar-refractivity contribution in [1.82, 2.24) is 0 Å². The van der Waals surface area contributed by atoms with Crippen molar-refractivity contribution in [2.75, 3.05) is 31.7 Å². The van der Waals surface area contributed by atoms with Gasteiger partial charge in [-0.05, 0) is 6.07 Å². The van der Waals surface area contributed by atoms with Gasteiger partial charge in [0.15, 0.2) is 0 Å². The van der Waals surface area contributed by atoms with Gasteiger partial charge in [-0.2, -0.15) is 0 Å². The molecule has 0 saturated heterocycles. The van der Waals surface area contributed by atoms with Crippen molar-refractivity contribution >= 4 is 11.4 Å². The van der Waals surface area contributed by atoms with E-state index in [9.17, 15) is 20.3 Å². The third-order valence-electron chi connectivity index (χ3n) is 2.87. The molecule has 18 heavy (non-hydrogen) atoms. The Morgan fingerprint density at radius 2 is 1.89 bits per heavy atom. The van der Waals surface area contributed by atoms with E-state index in [1.165, 1.54) is 6.07 Å². The summed E-state index contributed by atoms with van der Waals surface area (Å²) in [6, 6.07) is 6.40. The van der Waals surface area contributed by atoms with Crippen LogP contribution in [0.5, 0.6) is 0 Å². The van der Waals surface area contributed by atoms with Crippen LogP contribution < -0.4 is 4.90 Å². The highest BCUT2D eigenvalue weighted by atomic mass is 16.6. The molecule has 0 aliphatic rings. The lowest BCUT2D eigenvalue weighted by atomic mass is 9.92. The summed E-state index contributed by atoms with van der Waals surface area (Å²) in [5.74, 6) is 0. The maximum Gasteiger partial charge on any atom is 0.292 e. The zero-order valence-electron chi connectivity index (χ0n) is 10.5. The molecular weight excluding hydrogens is 236 g/mol. The number of nitro benzene ring substituents is 1. The Hall–Kier alpha value is -1.66. The normalized spacial score (nSPS) is 11.3. The number of anilines is 1. The SMILES string of the molecule is CN(CC(C)(CO)CO)c1ccccc1[N+](=O)[O-]. The Balaban J connectivity index is 2.97. The van der Waals surface area contributed by atoms with Gasteiger partial charge in [0.05, 0.1) is 18.1 Å². The van der Waals surface area contributed by atoms with E-state index < -0.39 is 10.3 Å². The second-order valence-corrected chi connectivity index (χ2v) is 4.73. The first-order valence-corrected chi connectivity index (χ1v) is 5.60. The van der Waals surface area contributed by atoms with Crippen molar-refractivity contribution in [2.45, 2.75) is 6.92 Å². The van der Waals surface area contributed by atoms with Gasteiger partial charge in [-0.1, -0.05) is 19.1 Å². The molecule has 100 valence electrons. The van der Waals surface area contributed by atoms with Gasteiger partial charge < -0.3 is 15.1 Å². The van der Waals surface area contributed by atoms with E-state index in [1.807, 2.05) is 0 Å². The van der Waals surface area contributed by atoms with Crippen LogP contribution in [-0.4, -0.2) is 41.9 Å². The van der Waals surface area contributed by atoms with Crippen LogP contribution >= 0.6 is 0 Å². The fourth-order valence-electron chi connectivity index (χ4n) is 1.75. The molecule has 0 aliphatic heterocycles. The summed E-state index contributed by atoms with van der Waals surface area (Å²) in [4.78, 5) is 12.1. The Bertz CT molecular complexity index is 418. The van der Waals surface area contributed by atoms with Crippen LogP contribution in [0.15, 0.2) is 24.3 Å². The highest BCUT2D eigenvalue weighted by Gasteiger charge is 2.27. The zero-order chi connectivity index (χ0) is 13.8. The van der Waals surface area contributed by atoms with Crippen molar-refractivity contribution < 1.29 is 15.1 Å². The lowest BCUT2D eigenvalue weighted by molar-refractivity contribution is -0.384. The van der Waals surface area contributed by atoms with Crippen LogP contribution in [0.1, 0.15) is 6.92 Å². The molecule has 6 nitrogen and oxygen atoms in total. The lowest BCUT2D eigenvalue weighted by Gasteiger charge is -2.31. The standard InChI is InChI=1S/C12H18N2O4/c1-12(8-15,9-16)7-13(2)10-5-3-4-6-11(10)14(17)18/h3-6,15-16H,7-9H2,1-2H3. The molecule has 0 fully saturated rings. The van der Waals surface area contributed by atoms with Crippen LogP contribution in [0.3, 0.4) is 0 Å². The minimum atomic E-state index is -0.696. The number of hydrogen-bond donors (Lipinski definition) is 2. The number of rotatable bonds is 6. The molecule has 2 N–H and O–H groups in total. The van der Waals surface area contributed by atoms with Gasteiger partial charge in [0.2, 0.25) is 0 Å². The van der Waals surface area contributed by atoms with Crippen LogP contribution in [0.25, 0.3) is 0 Å². The quantitative estimate of drug-likeness (QED) is 0.584. The minimum Gasteiger partial charge on any atom is -0.396 e. The summed E-state index contributed by atoms with van der Waals surface area (Å²) in [5, 5.41) is 29.4. The summed E-state index contributed by atoms with van der Waals surface area (Å²) in [7, 11) is 1.70. The predicted octanol–water partition coefficient (Wildman–Crippen LogP) is 1.02. The molecule has 0 spiro atoms. The molecule has 0 saturated carbocycles. The third-order valence-corrected chi connectivity index (χ3v) is 2.87. The number of benzene rings is 1. The molecule has 0 aromatic heterocycles. The Morgan fingerprint density at radius 1 is 1.33 bits per heavy atom. The molecule has 0 atom stereocenters. The summed E-state index contributed by atoms with van der Waals surface area (Å²) in [6.07, 6.45) is 0. The number of nitro groups is 1. The third kappa shape index (κ3) is 3.18. The molecule has 1 aromatic carbocycles. The number of nitrogens with zero attached hydrogens (tertiary/aromatic N) is 2. The molecular formula is C12H18N2O4.